The summed E-state index contributed by atoms with van der Waals surface area (Å²) >= 11 is 7.57. The van der Waals surface area contributed by atoms with Crippen LogP contribution in [0.4, 0.5) is 0 Å². The molecule has 5 heteroatoms. The number of hydrogen-bond donors (Lipinski definition) is 1. The van der Waals surface area contributed by atoms with E-state index in [1.54, 1.807) is 17.5 Å². The van der Waals surface area contributed by atoms with E-state index >= 15 is 0 Å². The summed E-state index contributed by atoms with van der Waals surface area (Å²) in [5.74, 6) is 0. The van der Waals surface area contributed by atoms with Gasteiger partial charge in [0.1, 0.15) is 5.15 Å². The van der Waals surface area contributed by atoms with E-state index in [1.807, 2.05) is 29.0 Å². The monoisotopic (exact) mass is 260 g/mol. The number of aromatic nitrogens is 1. The first-order valence-corrected chi connectivity index (χ1v) is 5.49. The largest absolute Gasteiger partial charge is 0.320 e. The molecule has 1 atom stereocenters. The van der Waals surface area contributed by atoms with Crippen LogP contribution in [0.1, 0.15) is 17.2 Å². The molecule has 0 aliphatic heterocycles. The maximum atomic E-state index is 6.04. The van der Waals surface area contributed by atoms with Crippen molar-refractivity contribution in [3.8, 4) is 0 Å². The minimum absolute atomic E-state index is 0. The molecule has 2 nitrogen and oxygen atoms in total. The van der Waals surface area contributed by atoms with E-state index in [9.17, 15) is 0 Å². The van der Waals surface area contributed by atoms with E-state index < -0.39 is 0 Å². The summed E-state index contributed by atoms with van der Waals surface area (Å²) in [5.41, 5.74) is 7.99. The molecule has 0 bridgehead atoms. The fraction of sp³-hybridized carbons (Fsp3) is 0.100. The third-order valence-electron chi connectivity index (χ3n) is 2.03. The fourth-order valence-corrected chi connectivity index (χ4v) is 2.20. The van der Waals surface area contributed by atoms with Crippen LogP contribution in [-0.4, -0.2) is 4.98 Å². The van der Waals surface area contributed by atoms with Crippen molar-refractivity contribution in [2.24, 2.45) is 5.73 Å². The van der Waals surface area contributed by atoms with E-state index in [0.717, 1.165) is 11.1 Å². The average molecular weight is 261 g/mol. The molecule has 0 saturated carbocycles. The van der Waals surface area contributed by atoms with Crippen LogP contribution in [-0.2, 0) is 0 Å². The maximum Gasteiger partial charge on any atom is 0.134 e. The SMILES string of the molecule is Cl.N[C@@H](c1ccsc1)c1cccnc1Cl. The van der Waals surface area contributed by atoms with Crippen molar-refractivity contribution in [1.29, 1.82) is 0 Å². The smallest absolute Gasteiger partial charge is 0.134 e. The Balaban J connectivity index is 0.00000112. The number of nitrogens with zero attached hydrogens (tertiary/aromatic N) is 1. The second-order valence-corrected chi connectivity index (χ2v) is 4.06. The lowest BCUT2D eigenvalue weighted by atomic mass is 10.0. The van der Waals surface area contributed by atoms with Crippen LogP contribution >= 0.6 is 35.3 Å². The molecule has 0 radical (unpaired) electrons. The molecule has 2 heterocycles. The number of nitrogens with two attached hydrogens (primary N) is 1. The van der Waals surface area contributed by atoms with Crippen molar-refractivity contribution in [1.82, 2.24) is 4.98 Å². The highest BCUT2D eigenvalue weighted by molar-refractivity contribution is 7.08. The molecule has 2 aromatic rings. The molecule has 0 aromatic carbocycles. The number of hydrogen-bond acceptors (Lipinski definition) is 3. The van der Waals surface area contributed by atoms with E-state index in [1.165, 1.54) is 0 Å². The van der Waals surface area contributed by atoms with Gasteiger partial charge < -0.3 is 5.73 Å². The number of rotatable bonds is 2. The Morgan fingerprint density at radius 2 is 2.20 bits per heavy atom. The van der Waals surface area contributed by atoms with E-state index in [-0.39, 0.29) is 18.4 Å². The summed E-state index contributed by atoms with van der Waals surface area (Å²) in [5, 5.41) is 4.50. The molecule has 0 aliphatic rings. The third kappa shape index (κ3) is 2.69. The van der Waals surface area contributed by atoms with Crippen LogP contribution in [0.2, 0.25) is 5.15 Å². The predicted octanol–water partition coefficient (Wildman–Crippen LogP) is 3.27. The quantitative estimate of drug-likeness (QED) is 0.842. The lowest BCUT2D eigenvalue weighted by Gasteiger charge is -2.10. The second-order valence-electron chi connectivity index (χ2n) is 2.92. The Bertz CT molecular complexity index is 417. The van der Waals surface area contributed by atoms with Crippen molar-refractivity contribution < 1.29 is 0 Å². The lowest BCUT2D eigenvalue weighted by molar-refractivity contribution is 0.868. The van der Waals surface area contributed by atoms with Gasteiger partial charge in [-0.1, -0.05) is 17.7 Å². The zero-order valence-electron chi connectivity index (χ0n) is 7.76. The van der Waals surface area contributed by atoms with Crippen molar-refractivity contribution in [2.45, 2.75) is 6.04 Å². The topological polar surface area (TPSA) is 38.9 Å². The number of pyridine rings is 1. The minimum Gasteiger partial charge on any atom is -0.320 e. The minimum atomic E-state index is -0.178. The van der Waals surface area contributed by atoms with Gasteiger partial charge in [-0.2, -0.15) is 11.3 Å². The zero-order valence-corrected chi connectivity index (χ0v) is 10.1. The van der Waals surface area contributed by atoms with Gasteiger partial charge in [0.15, 0.2) is 0 Å². The number of halogens is 2. The molecule has 0 amide bonds. The summed E-state index contributed by atoms with van der Waals surface area (Å²) in [6.45, 7) is 0. The first kappa shape index (κ1) is 12.5. The highest BCUT2D eigenvalue weighted by Gasteiger charge is 2.12. The molecule has 0 fully saturated rings. The van der Waals surface area contributed by atoms with Gasteiger partial charge in [0.05, 0.1) is 6.04 Å². The van der Waals surface area contributed by atoms with Crippen LogP contribution in [0, 0.1) is 0 Å². The molecule has 0 unspecified atom stereocenters. The van der Waals surface area contributed by atoms with Crippen molar-refractivity contribution in [3.05, 3.63) is 51.4 Å². The Morgan fingerprint density at radius 3 is 2.80 bits per heavy atom. The Kier molecular flexibility index (Phi) is 4.54. The van der Waals surface area contributed by atoms with E-state index in [0.29, 0.717) is 5.15 Å². The third-order valence-corrected chi connectivity index (χ3v) is 3.04. The van der Waals surface area contributed by atoms with Gasteiger partial charge in [-0.15, -0.1) is 12.4 Å². The first-order chi connectivity index (χ1) is 6.79. The van der Waals surface area contributed by atoms with Crippen LogP contribution in [0.15, 0.2) is 35.2 Å². The first-order valence-electron chi connectivity index (χ1n) is 4.17. The molecule has 0 saturated heterocycles. The van der Waals surface area contributed by atoms with Crippen LogP contribution in [0.3, 0.4) is 0 Å². The maximum absolute atomic E-state index is 6.04. The zero-order chi connectivity index (χ0) is 9.97. The van der Waals surface area contributed by atoms with Crippen molar-refractivity contribution in [3.63, 3.8) is 0 Å². The van der Waals surface area contributed by atoms with E-state index in [2.05, 4.69) is 4.98 Å². The van der Waals surface area contributed by atoms with Gasteiger partial charge in [-0.3, -0.25) is 0 Å². The van der Waals surface area contributed by atoms with Crippen LogP contribution in [0.5, 0.6) is 0 Å². The average Bonchev–Trinajstić information content (AvgIpc) is 2.70. The molecule has 2 aromatic heterocycles. The van der Waals surface area contributed by atoms with Gasteiger partial charge in [0, 0.05) is 11.8 Å². The van der Waals surface area contributed by atoms with Gasteiger partial charge >= 0.3 is 0 Å². The van der Waals surface area contributed by atoms with Crippen LogP contribution < -0.4 is 5.73 Å². The molecule has 15 heavy (non-hydrogen) atoms. The molecule has 2 N–H and O–H groups in total. The molecule has 0 spiro atoms. The highest BCUT2D eigenvalue weighted by Crippen LogP contribution is 2.25. The Morgan fingerprint density at radius 1 is 1.40 bits per heavy atom. The molecular formula is C10H10Cl2N2S. The molecular weight excluding hydrogens is 251 g/mol. The second kappa shape index (κ2) is 5.47. The normalized spacial score (nSPS) is 11.9. The lowest BCUT2D eigenvalue weighted by Crippen LogP contribution is -2.11. The summed E-state index contributed by atoms with van der Waals surface area (Å²) < 4.78 is 0. The van der Waals surface area contributed by atoms with Gasteiger partial charge in [0.2, 0.25) is 0 Å². The fourth-order valence-electron chi connectivity index (χ4n) is 1.26. The number of thiophene rings is 1. The van der Waals surface area contributed by atoms with Gasteiger partial charge in [-0.05, 0) is 28.5 Å². The predicted molar refractivity (Wildman–Crippen MR) is 66.8 cm³/mol. The van der Waals surface area contributed by atoms with Gasteiger partial charge in [-0.25, -0.2) is 4.98 Å². The Hall–Kier alpha value is -0.610. The summed E-state index contributed by atoms with van der Waals surface area (Å²) in [6, 6.07) is 5.56. The van der Waals surface area contributed by atoms with Crippen LogP contribution in [0.25, 0.3) is 0 Å². The van der Waals surface area contributed by atoms with Gasteiger partial charge in [0.25, 0.3) is 0 Å². The summed E-state index contributed by atoms with van der Waals surface area (Å²) in [6.07, 6.45) is 1.66. The highest BCUT2D eigenvalue weighted by atomic mass is 35.5. The van der Waals surface area contributed by atoms with Crippen molar-refractivity contribution >= 4 is 35.3 Å². The molecule has 0 aliphatic carbocycles. The standard InChI is InChI=1S/C10H9ClN2S.ClH/c11-10-8(2-1-4-13-10)9(12)7-3-5-14-6-7;/h1-6,9H,12H2;1H/t9-;/m0./s1. The van der Waals surface area contributed by atoms with E-state index in [4.69, 9.17) is 17.3 Å². The summed E-state index contributed by atoms with van der Waals surface area (Å²) in [7, 11) is 0. The Labute approximate surface area is 104 Å². The molecule has 80 valence electrons. The van der Waals surface area contributed by atoms with Crippen molar-refractivity contribution in [2.75, 3.05) is 0 Å². The molecule has 2 rings (SSSR count). The summed E-state index contributed by atoms with van der Waals surface area (Å²) in [4.78, 5) is 4.00.